The molecule has 0 saturated carbocycles. The van der Waals surface area contributed by atoms with Crippen molar-refractivity contribution in [2.75, 3.05) is 18.6 Å². The Morgan fingerprint density at radius 1 is 1.07 bits per heavy atom. The Hall–Kier alpha value is -2.31. The van der Waals surface area contributed by atoms with Gasteiger partial charge < -0.3 is 9.64 Å². The average molecular weight is 381 g/mol. The van der Waals surface area contributed by atoms with Gasteiger partial charge in [0.05, 0.1) is 6.61 Å². The van der Waals surface area contributed by atoms with Crippen LogP contribution in [0.5, 0.6) is 6.01 Å². The van der Waals surface area contributed by atoms with E-state index in [0.29, 0.717) is 12.3 Å². The third kappa shape index (κ3) is 5.11. The molecule has 2 aromatic rings. The van der Waals surface area contributed by atoms with Crippen LogP contribution >= 0.6 is 0 Å². The number of rotatable bonds is 5. The van der Waals surface area contributed by atoms with Crippen molar-refractivity contribution in [3.05, 3.63) is 41.6 Å². The third-order valence-electron chi connectivity index (χ3n) is 3.99. The van der Waals surface area contributed by atoms with Gasteiger partial charge in [0.2, 0.25) is 0 Å². The highest BCUT2D eigenvalue weighted by molar-refractivity contribution is 5.67. The number of halogens is 3. The number of para-hydroxylation sites is 1. The maximum absolute atomic E-state index is 13.6. The van der Waals surface area contributed by atoms with E-state index in [1.807, 2.05) is 46.8 Å². The molecule has 4 nitrogen and oxygen atoms in total. The van der Waals surface area contributed by atoms with Crippen LogP contribution in [0.15, 0.2) is 30.5 Å². The molecule has 0 aliphatic carbocycles. The van der Waals surface area contributed by atoms with E-state index >= 15 is 0 Å². The molecule has 7 heteroatoms. The quantitative estimate of drug-likeness (QED) is 0.676. The first-order chi connectivity index (χ1) is 12.4. The van der Waals surface area contributed by atoms with Crippen molar-refractivity contribution in [1.82, 2.24) is 9.97 Å². The molecule has 0 atom stereocenters. The first-order valence-electron chi connectivity index (χ1n) is 8.81. The van der Waals surface area contributed by atoms with Gasteiger partial charge in [-0.2, -0.15) is 18.2 Å². The van der Waals surface area contributed by atoms with E-state index in [2.05, 4.69) is 9.97 Å². The summed E-state index contributed by atoms with van der Waals surface area (Å²) in [6.45, 7) is 10.3. The Bertz CT molecular complexity index is 783. The molecular formula is C20H26F3N3O. The summed E-state index contributed by atoms with van der Waals surface area (Å²) >= 11 is 0. The van der Waals surface area contributed by atoms with Crippen molar-refractivity contribution in [3.63, 3.8) is 0 Å². The van der Waals surface area contributed by atoms with Crippen LogP contribution in [0.2, 0.25) is 0 Å². The smallest absolute Gasteiger partial charge is 0.421 e. The maximum Gasteiger partial charge on any atom is 0.421 e. The van der Waals surface area contributed by atoms with Gasteiger partial charge in [-0.05, 0) is 23.0 Å². The molecule has 0 spiro atoms. The van der Waals surface area contributed by atoms with Gasteiger partial charge in [0.1, 0.15) is 5.56 Å². The predicted molar refractivity (Wildman–Crippen MR) is 101 cm³/mol. The first kappa shape index (κ1) is 21.0. The van der Waals surface area contributed by atoms with Crippen molar-refractivity contribution in [2.45, 2.75) is 46.2 Å². The fourth-order valence-electron chi connectivity index (χ4n) is 2.64. The number of hydrogen-bond donors (Lipinski definition) is 0. The fraction of sp³-hybridized carbons (Fsp3) is 0.500. The van der Waals surface area contributed by atoms with Crippen molar-refractivity contribution in [3.8, 4) is 6.01 Å². The lowest BCUT2D eigenvalue weighted by Crippen LogP contribution is -2.23. The highest BCUT2D eigenvalue weighted by atomic mass is 19.4. The number of anilines is 2. The lowest BCUT2D eigenvalue weighted by atomic mass is 9.85. The van der Waals surface area contributed by atoms with Crippen molar-refractivity contribution >= 4 is 11.5 Å². The van der Waals surface area contributed by atoms with Gasteiger partial charge >= 0.3 is 12.2 Å². The largest absolute Gasteiger partial charge is 0.463 e. The van der Waals surface area contributed by atoms with E-state index in [1.54, 1.807) is 19.2 Å². The van der Waals surface area contributed by atoms with Crippen molar-refractivity contribution < 1.29 is 17.9 Å². The Labute approximate surface area is 158 Å². The molecule has 0 saturated heterocycles. The number of hydrogen-bond acceptors (Lipinski definition) is 4. The Morgan fingerprint density at radius 3 is 2.26 bits per heavy atom. The summed E-state index contributed by atoms with van der Waals surface area (Å²) in [4.78, 5) is 9.28. The van der Waals surface area contributed by atoms with Gasteiger partial charge in [-0.25, -0.2) is 4.98 Å². The minimum atomic E-state index is -4.57. The zero-order valence-electron chi connectivity index (χ0n) is 16.6. The molecule has 2 rings (SSSR count). The van der Waals surface area contributed by atoms with Gasteiger partial charge in [-0.15, -0.1) is 0 Å². The number of benzene rings is 1. The molecule has 0 aliphatic heterocycles. The predicted octanol–water partition coefficient (Wildman–Crippen LogP) is 5.60. The summed E-state index contributed by atoms with van der Waals surface area (Å²) in [6, 6.07) is 7.31. The SMILES string of the molecule is CC(C)COc1ncc(C(F)(F)F)c(N(C)c2ccccc2C(C)(C)C)n1. The number of nitrogens with zero attached hydrogens (tertiary/aromatic N) is 3. The fourth-order valence-corrected chi connectivity index (χ4v) is 2.64. The lowest BCUT2D eigenvalue weighted by molar-refractivity contribution is -0.137. The molecule has 27 heavy (non-hydrogen) atoms. The standard InChI is InChI=1S/C20H26F3N3O/c1-13(2)12-27-18-24-11-15(20(21,22)23)17(25-18)26(6)16-10-8-7-9-14(16)19(3,4)5/h7-11,13H,12H2,1-6H3. The van der Waals surface area contributed by atoms with Crippen LogP contribution in [0, 0.1) is 5.92 Å². The summed E-state index contributed by atoms with van der Waals surface area (Å²) in [7, 11) is 1.58. The van der Waals surface area contributed by atoms with Crippen LogP contribution in [-0.4, -0.2) is 23.6 Å². The lowest BCUT2D eigenvalue weighted by Gasteiger charge is -2.29. The minimum absolute atomic E-state index is 0.0632. The number of ether oxygens (including phenoxy) is 1. The summed E-state index contributed by atoms with van der Waals surface area (Å²) < 4.78 is 46.1. The van der Waals surface area contributed by atoms with E-state index in [-0.39, 0.29) is 23.2 Å². The maximum atomic E-state index is 13.6. The third-order valence-corrected chi connectivity index (χ3v) is 3.99. The molecule has 1 heterocycles. The number of aromatic nitrogens is 2. The van der Waals surface area contributed by atoms with E-state index in [1.165, 1.54) is 4.90 Å². The molecular weight excluding hydrogens is 355 g/mol. The average Bonchev–Trinajstić information content (AvgIpc) is 2.57. The zero-order valence-corrected chi connectivity index (χ0v) is 16.6. The molecule has 0 fully saturated rings. The van der Waals surface area contributed by atoms with Gasteiger partial charge in [-0.3, -0.25) is 0 Å². The molecule has 0 bridgehead atoms. The van der Waals surface area contributed by atoms with Gasteiger partial charge in [0.25, 0.3) is 0 Å². The summed E-state index contributed by atoms with van der Waals surface area (Å²) in [5.74, 6) is -0.0216. The molecule has 0 N–H and O–H groups in total. The topological polar surface area (TPSA) is 38.2 Å². The number of alkyl halides is 3. The highest BCUT2D eigenvalue weighted by Gasteiger charge is 2.37. The van der Waals surface area contributed by atoms with Crippen LogP contribution in [0.3, 0.4) is 0 Å². The molecule has 1 aromatic carbocycles. The summed E-state index contributed by atoms with van der Waals surface area (Å²) in [5, 5.41) is 0. The minimum Gasteiger partial charge on any atom is -0.463 e. The Balaban J connectivity index is 2.56. The summed E-state index contributed by atoms with van der Waals surface area (Å²) in [6.07, 6.45) is -3.79. The van der Waals surface area contributed by atoms with Crippen LogP contribution in [0.25, 0.3) is 0 Å². The van der Waals surface area contributed by atoms with E-state index in [9.17, 15) is 13.2 Å². The van der Waals surface area contributed by atoms with Gasteiger partial charge in [-0.1, -0.05) is 52.8 Å². The second-order valence-corrected chi connectivity index (χ2v) is 7.92. The van der Waals surface area contributed by atoms with Crippen molar-refractivity contribution in [2.24, 2.45) is 5.92 Å². The van der Waals surface area contributed by atoms with E-state index in [4.69, 9.17) is 4.74 Å². The van der Waals surface area contributed by atoms with E-state index in [0.717, 1.165) is 11.8 Å². The molecule has 1 aromatic heterocycles. The second kappa shape index (κ2) is 7.74. The van der Waals surface area contributed by atoms with Gasteiger partial charge in [0.15, 0.2) is 5.82 Å². The second-order valence-electron chi connectivity index (χ2n) is 7.92. The van der Waals surface area contributed by atoms with Crippen LogP contribution < -0.4 is 9.64 Å². The van der Waals surface area contributed by atoms with Crippen LogP contribution in [-0.2, 0) is 11.6 Å². The monoisotopic (exact) mass is 381 g/mol. The first-order valence-corrected chi connectivity index (χ1v) is 8.81. The van der Waals surface area contributed by atoms with Crippen molar-refractivity contribution in [1.29, 1.82) is 0 Å². The summed E-state index contributed by atoms with van der Waals surface area (Å²) in [5.41, 5.74) is 0.436. The molecule has 0 radical (unpaired) electrons. The Kier molecular flexibility index (Phi) is 6.02. The zero-order chi connectivity index (χ0) is 20.4. The molecule has 0 aliphatic rings. The van der Waals surface area contributed by atoms with Gasteiger partial charge in [0, 0.05) is 18.9 Å². The molecule has 0 amide bonds. The Morgan fingerprint density at radius 2 is 1.70 bits per heavy atom. The van der Waals surface area contributed by atoms with Crippen LogP contribution in [0.1, 0.15) is 45.7 Å². The normalized spacial score (nSPS) is 12.4. The molecule has 148 valence electrons. The van der Waals surface area contributed by atoms with Crippen LogP contribution in [0.4, 0.5) is 24.7 Å². The highest BCUT2D eigenvalue weighted by Crippen LogP contribution is 2.40. The molecule has 0 unspecified atom stereocenters. The van der Waals surface area contributed by atoms with E-state index < -0.39 is 11.7 Å².